The summed E-state index contributed by atoms with van der Waals surface area (Å²) in [6.45, 7) is 12.9. The Labute approximate surface area is 337 Å². The standard InChI is InChI=1S/C48H56N4O5/c1-47(2,3)56-45(53)51-28-8-10-40(51)38-26-24-36(49-38)30-12-16-32(17-13-30)42-43(44(42)34-20-22-35(55-7)23-21-34)33-18-14-31(15-19-33)37-25-27-39(50-37)41-11-9-29-52(41)46(54)57-48(4,5)6/h12-25,40-44H,8-11,26-29H2,1-7H3/t40-,41-,42?,43?,44?/m0/s1. The molecule has 3 aromatic carbocycles. The summed E-state index contributed by atoms with van der Waals surface area (Å²) in [4.78, 5) is 39.8. The van der Waals surface area contributed by atoms with Crippen LogP contribution in [0.25, 0.3) is 11.4 Å². The van der Waals surface area contributed by atoms with E-state index in [4.69, 9.17) is 24.2 Å². The minimum Gasteiger partial charge on any atom is -0.497 e. The van der Waals surface area contributed by atoms with Gasteiger partial charge in [-0.2, -0.15) is 0 Å². The largest absolute Gasteiger partial charge is 0.497 e. The number of methoxy groups -OCH3 is 1. The molecule has 57 heavy (non-hydrogen) atoms. The molecule has 9 heteroatoms. The van der Waals surface area contributed by atoms with Crippen LogP contribution in [0.3, 0.4) is 0 Å². The minimum atomic E-state index is -0.527. The number of aliphatic imine (C=N–C) groups is 2. The van der Waals surface area contributed by atoms with Gasteiger partial charge < -0.3 is 14.2 Å². The lowest BCUT2D eigenvalue weighted by molar-refractivity contribution is 0.0254. The van der Waals surface area contributed by atoms with E-state index in [0.29, 0.717) is 30.8 Å². The van der Waals surface area contributed by atoms with Crippen LogP contribution >= 0.6 is 0 Å². The minimum absolute atomic E-state index is 0.0163. The highest BCUT2D eigenvalue weighted by atomic mass is 16.6. The zero-order chi connectivity index (χ0) is 40.1. The molecule has 1 aliphatic carbocycles. The number of likely N-dealkylation sites (tertiary alicyclic amines) is 2. The number of benzene rings is 3. The van der Waals surface area contributed by atoms with Crippen molar-refractivity contribution in [3.05, 3.63) is 113 Å². The Bertz CT molecular complexity index is 1990. The van der Waals surface area contributed by atoms with Crippen molar-refractivity contribution >= 4 is 35.0 Å². The van der Waals surface area contributed by atoms with Crippen LogP contribution < -0.4 is 4.74 Å². The number of nitrogens with zero attached hydrogens (tertiary/aromatic N) is 4. The number of hydrogen-bond donors (Lipinski definition) is 0. The Morgan fingerprint density at radius 3 is 1.30 bits per heavy atom. The van der Waals surface area contributed by atoms with Crippen LogP contribution in [0.2, 0.25) is 0 Å². The highest BCUT2D eigenvalue weighted by Gasteiger charge is 2.52. The summed E-state index contributed by atoms with van der Waals surface area (Å²) in [5.41, 5.74) is 9.07. The van der Waals surface area contributed by atoms with Crippen LogP contribution in [0.4, 0.5) is 9.59 Å². The third-order valence-electron chi connectivity index (χ3n) is 11.8. The average molecular weight is 769 g/mol. The summed E-state index contributed by atoms with van der Waals surface area (Å²) in [5, 5.41) is 0. The van der Waals surface area contributed by atoms with Gasteiger partial charge in [0.2, 0.25) is 0 Å². The fourth-order valence-electron chi connectivity index (χ4n) is 9.12. The van der Waals surface area contributed by atoms with Crippen molar-refractivity contribution in [2.45, 2.75) is 121 Å². The smallest absolute Gasteiger partial charge is 0.410 e. The molecule has 298 valence electrons. The highest BCUT2D eigenvalue weighted by Crippen LogP contribution is 2.66. The number of carbonyl (C=O) groups excluding carboxylic acids is 2. The molecule has 0 radical (unpaired) electrons. The lowest BCUT2D eigenvalue weighted by Gasteiger charge is -2.28. The van der Waals surface area contributed by atoms with Crippen molar-refractivity contribution in [2.75, 3.05) is 20.2 Å². The molecule has 0 bridgehead atoms. The first kappa shape index (κ1) is 38.7. The van der Waals surface area contributed by atoms with Crippen molar-refractivity contribution in [2.24, 2.45) is 9.98 Å². The van der Waals surface area contributed by atoms with E-state index in [-0.39, 0.29) is 24.3 Å². The van der Waals surface area contributed by atoms with Crippen LogP contribution in [-0.2, 0) is 9.47 Å². The van der Waals surface area contributed by atoms with E-state index < -0.39 is 11.2 Å². The van der Waals surface area contributed by atoms with Gasteiger partial charge in [0.05, 0.1) is 30.6 Å². The van der Waals surface area contributed by atoms with E-state index in [0.717, 1.165) is 78.2 Å². The molecule has 2 unspecified atom stereocenters. The molecule has 3 fully saturated rings. The van der Waals surface area contributed by atoms with Crippen LogP contribution in [0, 0.1) is 0 Å². The van der Waals surface area contributed by atoms with Gasteiger partial charge in [0.25, 0.3) is 0 Å². The molecule has 0 N–H and O–H groups in total. The Morgan fingerprint density at radius 1 is 0.579 bits per heavy atom. The van der Waals surface area contributed by atoms with Crippen molar-refractivity contribution in [3.63, 3.8) is 0 Å². The third-order valence-corrected chi connectivity index (χ3v) is 11.8. The number of amides is 2. The Kier molecular flexibility index (Phi) is 10.4. The first-order chi connectivity index (χ1) is 27.3. The van der Waals surface area contributed by atoms with Crippen molar-refractivity contribution in [1.29, 1.82) is 0 Å². The summed E-state index contributed by atoms with van der Waals surface area (Å²) in [5.74, 6) is 1.84. The number of allylic oxidation sites excluding steroid dienone is 2. The molecular weight excluding hydrogens is 713 g/mol. The first-order valence-corrected chi connectivity index (χ1v) is 20.7. The lowest BCUT2D eigenvalue weighted by Crippen LogP contribution is -2.43. The van der Waals surface area contributed by atoms with Gasteiger partial charge in [0.15, 0.2) is 0 Å². The molecule has 9 nitrogen and oxygen atoms in total. The molecule has 8 rings (SSSR count). The topological polar surface area (TPSA) is 93.0 Å². The molecule has 4 atom stereocenters. The van der Waals surface area contributed by atoms with Gasteiger partial charge >= 0.3 is 12.2 Å². The Balaban J connectivity index is 0.980. The molecule has 0 spiro atoms. The van der Waals surface area contributed by atoms with Crippen LogP contribution in [-0.4, -0.2) is 76.9 Å². The van der Waals surface area contributed by atoms with Crippen molar-refractivity contribution in [3.8, 4) is 5.75 Å². The monoisotopic (exact) mass is 768 g/mol. The Hall–Kier alpha value is -5.18. The van der Waals surface area contributed by atoms with Crippen molar-refractivity contribution in [1.82, 2.24) is 9.80 Å². The maximum absolute atomic E-state index is 13.0. The molecule has 4 heterocycles. The average Bonchev–Trinajstić information content (AvgIpc) is 3.80. The second kappa shape index (κ2) is 15.3. The van der Waals surface area contributed by atoms with Crippen molar-refractivity contribution < 1.29 is 23.8 Å². The van der Waals surface area contributed by atoms with E-state index in [1.54, 1.807) is 7.11 Å². The van der Waals surface area contributed by atoms with E-state index in [1.807, 2.05) is 51.3 Å². The predicted molar refractivity (Wildman–Crippen MR) is 226 cm³/mol. The van der Waals surface area contributed by atoms with E-state index in [2.05, 4.69) is 84.9 Å². The quantitative estimate of drug-likeness (QED) is 0.227. The zero-order valence-electron chi connectivity index (χ0n) is 34.5. The summed E-state index contributed by atoms with van der Waals surface area (Å²) in [7, 11) is 1.70. The second-order valence-electron chi connectivity index (χ2n) is 18.1. The molecule has 0 aromatic heterocycles. The molecule has 2 amide bonds. The van der Waals surface area contributed by atoms with E-state index in [9.17, 15) is 9.59 Å². The molecule has 1 saturated carbocycles. The first-order valence-electron chi connectivity index (χ1n) is 20.7. The maximum atomic E-state index is 13.0. The fraction of sp³-hybridized carbons (Fsp3) is 0.458. The number of hydrogen-bond acceptors (Lipinski definition) is 7. The van der Waals surface area contributed by atoms with Crippen LogP contribution in [0.15, 0.2) is 94.9 Å². The SMILES string of the molecule is COc1ccc(C2C(c3ccc(C4=CCC([C@@H]5CCCN5C(=O)OC(C)(C)C)=N4)cc3)C2c2ccc(C3=CCC([C@@H]4CCCN4C(=O)OC(C)(C)C)=N3)cc2)cc1. The molecule has 2 saturated heterocycles. The fourth-order valence-corrected chi connectivity index (χ4v) is 9.12. The highest BCUT2D eigenvalue weighted by molar-refractivity contribution is 6.01. The van der Waals surface area contributed by atoms with Gasteiger partial charge in [0.1, 0.15) is 17.0 Å². The normalized spacial score (nSPS) is 24.5. The van der Waals surface area contributed by atoms with Crippen LogP contribution in [0.1, 0.15) is 126 Å². The predicted octanol–water partition coefficient (Wildman–Crippen LogP) is 10.5. The lowest BCUT2D eigenvalue weighted by atomic mass is 10.0. The second-order valence-corrected chi connectivity index (χ2v) is 18.1. The maximum Gasteiger partial charge on any atom is 0.410 e. The van der Waals surface area contributed by atoms with E-state index >= 15 is 0 Å². The molecule has 3 aromatic rings. The van der Waals surface area contributed by atoms with Gasteiger partial charge in [-0.25, -0.2) is 9.59 Å². The summed E-state index contributed by atoms with van der Waals surface area (Å²) in [6, 6.07) is 26.4. The summed E-state index contributed by atoms with van der Waals surface area (Å²) in [6.07, 6.45) is 9.10. The zero-order valence-corrected chi connectivity index (χ0v) is 34.5. The van der Waals surface area contributed by atoms with Gasteiger partial charge in [0, 0.05) is 37.4 Å². The number of carbonyl (C=O) groups is 2. The van der Waals surface area contributed by atoms with Crippen LogP contribution in [0.5, 0.6) is 5.75 Å². The molecular formula is C48H56N4O5. The number of rotatable bonds is 8. The van der Waals surface area contributed by atoms with Gasteiger partial charge in [-0.15, -0.1) is 0 Å². The number of ether oxygens (including phenoxy) is 3. The molecule has 5 aliphatic rings. The summed E-state index contributed by atoms with van der Waals surface area (Å²) >= 11 is 0. The third kappa shape index (κ3) is 8.30. The van der Waals surface area contributed by atoms with E-state index in [1.165, 1.54) is 16.7 Å². The Morgan fingerprint density at radius 2 is 0.947 bits per heavy atom. The van der Waals surface area contributed by atoms with Gasteiger partial charge in [-0.1, -0.05) is 72.8 Å². The van der Waals surface area contributed by atoms with Gasteiger partial charge in [-0.3, -0.25) is 19.8 Å². The molecule has 4 aliphatic heterocycles. The van der Waals surface area contributed by atoms with Gasteiger partial charge in [-0.05, 0) is 125 Å². The summed E-state index contributed by atoms with van der Waals surface area (Å²) < 4.78 is 16.9.